The van der Waals surface area contributed by atoms with Gasteiger partial charge in [-0.1, -0.05) is 20.8 Å². The summed E-state index contributed by atoms with van der Waals surface area (Å²) in [6.45, 7) is 14.1. The Labute approximate surface area is 130 Å². The summed E-state index contributed by atoms with van der Waals surface area (Å²) in [6.07, 6.45) is 3.71. The van der Waals surface area contributed by atoms with Gasteiger partial charge in [-0.2, -0.15) is 0 Å². The quantitative estimate of drug-likeness (QED) is 0.792. The number of nitrogens with one attached hydrogen (secondary N) is 1. The predicted octanol–water partition coefficient (Wildman–Crippen LogP) is 2.68. The normalized spacial score (nSPS) is 24.2. The number of ether oxygens (including phenoxy) is 1. The molecule has 0 radical (unpaired) electrons. The van der Waals surface area contributed by atoms with Crippen LogP contribution in [0.5, 0.6) is 0 Å². The number of likely N-dealkylation sites (tertiary alicyclic amines) is 1. The van der Waals surface area contributed by atoms with Crippen molar-refractivity contribution in [2.75, 3.05) is 33.3 Å². The topological polar surface area (TPSA) is 41.6 Å². The maximum atomic E-state index is 12.2. The smallest absolute Gasteiger partial charge is 0.327 e. The first kappa shape index (κ1) is 18.4. The average molecular weight is 298 g/mol. The number of rotatable bonds is 5. The van der Waals surface area contributed by atoms with Crippen molar-refractivity contribution in [3.8, 4) is 0 Å². The molecule has 1 N–H and O–H groups in total. The molecule has 0 spiro atoms. The summed E-state index contributed by atoms with van der Waals surface area (Å²) < 4.78 is 5.22. The Kier molecular flexibility index (Phi) is 6.67. The van der Waals surface area contributed by atoms with E-state index in [0.717, 1.165) is 25.6 Å². The highest BCUT2D eigenvalue weighted by Crippen LogP contribution is 2.34. The minimum absolute atomic E-state index is 0.149. The van der Waals surface area contributed by atoms with Crippen LogP contribution in [0.15, 0.2) is 0 Å². The second-order valence-electron chi connectivity index (χ2n) is 7.57. The molecule has 1 heterocycles. The van der Waals surface area contributed by atoms with Gasteiger partial charge >= 0.3 is 5.97 Å². The molecule has 0 saturated carbocycles. The number of likely N-dealkylation sites (N-methyl/N-ethyl adjacent to an activating group) is 1. The first-order valence-electron chi connectivity index (χ1n) is 8.31. The molecule has 124 valence electrons. The summed E-state index contributed by atoms with van der Waals surface area (Å²) >= 11 is 0. The molecule has 1 aliphatic rings. The van der Waals surface area contributed by atoms with Crippen LogP contribution in [-0.4, -0.2) is 49.7 Å². The molecule has 0 aromatic carbocycles. The Hall–Kier alpha value is -0.610. The van der Waals surface area contributed by atoms with E-state index in [1.165, 1.54) is 19.3 Å². The molecule has 2 unspecified atom stereocenters. The monoisotopic (exact) mass is 298 g/mol. The third-order valence-corrected chi connectivity index (χ3v) is 4.86. The highest BCUT2D eigenvalue weighted by Gasteiger charge is 2.36. The van der Waals surface area contributed by atoms with E-state index in [-0.39, 0.29) is 5.97 Å². The Balaban J connectivity index is 2.63. The lowest BCUT2D eigenvalue weighted by molar-refractivity contribution is -0.151. The lowest BCUT2D eigenvalue weighted by atomic mass is 9.77. The van der Waals surface area contributed by atoms with Gasteiger partial charge in [0.15, 0.2) is 0 Å². The summed E-state index contributed by atoms with van der Waals surface area (Å²) in [5.74, 6) is 0.620. The van der Waals surface area contributed by atoms with Crippen LogP contribution in [0.25, 0.3) is 0 Å². The molecule has 1 fully saturated rings. The molecule has 2 atom stereocenters. The maximum Gasteiger partial charge on any atom is 0.327 e. The number of carbonyl (C=O) groups is 1. The fraction of sp³-hybridized carbons (Fsp3) is 0.941. The van der Waals surface area contributed by atoms with Crippen molar-refractivity contribution in [3.63, 3.8) is 0 Å². The first-order chi connectivity index (χ1) is 9.73. The lowest BCUT2D eigenvalue weighted by Gasteiger charge is -2.33. The van der Waals surface area contributed by atoms with Crippen molar-refractivity contribution in [1.29, 1.82) is 0 Å². The summed E-state index contributed by atoms with van der Waals surface area (Å²) in [5.41, 5.74) is -0.235. The van der Waals surface area contributed by atoms with Gasteiger partial charge in [0.25, 0.3) is 0 Å². The fourth-order valence-corrected chi connectivity index (χ4v) is 3.16. The van der Waals surface area contributed by atoms with Crippen LogP contribution >= 0.6 is 0 Å². The van der Waals surface area contributed by atoms with E-state index in [4.69, 9.17) is 4.74 Å². The van der Waals surface area contributed by atoms with E-state index in [0.29, 0.717) is 12.0 Å². The number of hydrogen-bond acceptors (Lipinski definition) is 4. The van der Waals surface area contributed by atoms with Crippen LogP contribution < -0.4 is 5.32 Å². The molecule has 1 saturated heterocycles. The van der Waals surface area contributed by atoms with Crippen LogP contribution in [0.3, 0.4) is 0 Å². The van der Waals surface area contributed by atoms with Gasteiger partial charge < -0.3 is 15.0 Å². The third-order valence-electron chi connectivity index (χ3n) is 4.86. The molecule has 4 nitrogen and oxygen atoms in total. The van der Waals surface area contributed by atoms with Crippen LogP contribution in [0.4, 0.5) is 0 Å². The van der Waals surface area contributed by atoms with E-state index < -0.39 is 5.54 Å². The zero-order chi connectivity index (χ0) is 16.1. The van der Waals surface area contributed by atoms with Crippen molar-refractivity contribution in [2.45, 2.75) is 59.4 Å². The Morgan fingerprint density at radius 1 is 1.24 bits per heavy atom. The van der Waals surface area contributed by atoms with Gasteiger partial charge in [0, 0.05) is 6.54 Å². The largest absolute Gasteiger partial charge is 0.465 e. The number of hydrogen-bond donors (Lipinski definition) is 1. The minimum atomic E-state index is -0.614. The minimum Gasteiger partial charge on any atom is -0.465 e. The van der Waals surface area contributed by atoms with Gasteiger partial charge in [-0.3, -0.25) is 4.79 Å². The third kappa shape index (κ3) is 5.26. The predicted molar refractivity (Wildman–Crippen MR) is 87.3 cm³/mol. The van der Waals surface area contributed by atoms with Gasteiger partial charge in [0.05, 0.1) is 6.61 Å². The number of nitrogens with zero attached hydrogens (tertiary/aromatic N) is 1. The van der Waals surface area contributed by atoms with Gasteiger partial charge in [-0.05, 0) is 64.6 Å². The average Bonchev–Trinajstić information content (AvgIpc) is 2.64. The Morgan fingerprint density at radius 3 is 2.43 bits per heavy atom. The molecule has 0 aromatic heterocycles. The van der Waals surface area contributed by atoms with Gasteiger partial charge in [0.1, 0.15) is 5.54 Å². The summed E-state index contributed by atoms with van der Waals surface area (Å²) in [6, 6.07) is 0. The van der Waals surface area contributed by atoms with E-state index >= 15 is 0 Å². The standard InChI is InChI=1S/C17H34N2O2/c1-7-21-15(20)17(5,18-6)13-19-11-8-9-14(10-12-19)16(2,3)4/h14,18H,7-13H2,1-6H3. The second-order valence-corrected chi connectivity index (χ2v) is 7.57. The van der Waals surface area contributed by atoms with Crippen molar-refractivity contribution < 1.29 is 9.53 Å². The fourth-order valence-electron chi connectivity index (χ4n) is 3.16. The zero-order valence-corrected chi connectivity index (χ0v) is 14.8. The summed E-state index contributed by atoms with van der Waals surface area (Å²) in [7, 11) is 1.84. The molecular formula is C17H34N2O2. The van der Waals surface area contributed by atoms with Crippen LogP contribution in [0.2, 0.25) is 0 Å². The number of carbonyl (C=O) groups excluding carboxylic acids is 1. The van der Waals surface area contributed by atoms with E-state index in [1.807, 2.05) is 20.9 Å². The molecule has 0 aromatic rings. The van der Waals surface area contributed by atoms with Crippen molar-refractivity contribution >= 4 is 5.97 Å². The van der Waals surface area contributed by atoms with Crippen LogP contribution in [0, 0.1) is 11.3 Å². The molecule has 21 heavy (non-hydrogen) atoms. The highest BCUT2D eigenvalue weighted by atomic mass is 16.5. The summed E-state index contributed by atoms with van der Waals surface area (Å²) in [5, 5.41) is 3.16. The van der Waals surface area contributed by atoms with Crippen molar-refractivity contribution in [2.24, 2.45) is 11.3 Å². The van der Waals surface area contributed by atoms with Gasteiger partial charge in [-0.15, -0.1) is 0 Å². The molecule has 4 heteroatoms. The molecule has 0 aliphatic carbocycles. The number of esters is 1. The molecule has 0 amide bonds. The first-order valence-corrected chi connectivity index (χ1v) is 8.31. The molecule has 0 bridgehead atoms. The SMILES string of the molecule is CCOC(=O)C(C)(CN1CCCC(C(C)(C)C)CC1)NC. The van der Waals surface area contributed by atoms with Crippen molar-refractivity contribution in [3.05, 3.63) is 0 Å². The summed E-state index contributed by atoms with van der Waals surface area (Å²) in [4.78, 5) is 14.6. The Bertz CT molecular complexity index is 338. The Morgan fingerprint density at radius 2 is 1.90 bits per heavy atom. The van der Waals surface area contributed by atoms with Gasteiger partial charge in [-0.25, -0.2) is 0 Å². The van der Waals surface area contributed by atoms with Crippen LogP contribution in [0.1, 0.15) is 53.9 Å². The highest BCUT2D eigenvalue weighted by molar-refractivity contribution is 5.80. The van der Waals surface area contributed by atoms with Crippen molar-refractivity contribution in [1.82, 2.24) is 10.2 Å². The maximum absolute atomic E-state index is 12.2. The van der Waals surface area contributed by atoms with Gasteiger partial charge in [0.2, 0.25) is 0 Å². The molecule has 1 rings (SSSR count). The molecular weight excluding hydrogens is 264 g/mol. The van der Waals surface area contributed by atoms with E-state index in [9.17, 15) is 4.79 Å². The second kappa shape index (κ2) is 7.59. The van der Waals surface area contributed by atoms with E-state index in [2.05, 4.69) is 31.0 Å². The van der Waals surface area contributed by atoms with Crippen LogP contribution in [-0.2, 0) is 9.53 Å². The molecule has 1 aliphatic heterocycles. The van der Waals surface area contributed by atoms with E-state index in [1.54, 1.807) is 0 Å². The zero-order valence-electron chi connectivity index (χ0n) is 14.8. The lowest BCUT2D eigenvalue weighted by Crippen LogP contribution is -2.56.